The van der Waals surface area contributed by atoms with Crippen LogP contribution in [0.2, 0.25) is 0 Å². The van der Waals surface area contributed by atoms with Crippen molar-refractivity contribution in [1.82, 2.24) is 9.97 Å². The van der Waals surface area contributed by atoms with E-state index in [2.05, 4.69) is 22.6 Å². The minimum atomic E-state index is -4.64. The van der Waals surface area contributed by atoms with Gasteiger partial charge in [-0.2, -0.15) is 13.2 Å². The largest absolute Gasteiger partial charge is 0.434 e. The minimum Gasteiger partial charge on any atom is -0.310 e. The number of aryl methyl sites for hydroxylation is 1. The van der Waals surface area contributed by atoms with Crippen LogP contribution in [0, 0.1) is 6.92 Å². The first-order valence-corrected chi connectivity index (χ1v) is 3.64. The lowest BCUT2D eigenvalue weighted by Crippen LogP contribution is -2.20. The molecule has 0 aliphatic rings. The Morgan fingerprint density at radius 3 is 2.46 bits per heavy atom. The zero-order valence-electron chi connectivity index (χ0n) is 6.44. The van der Waals surface area contributed by atoms with Crippen LogP contribution >= 0.6 is 12.6 Å². The molecule has 0 amide bonds. The summed E-state index contributed by atoms with van der Waals surface area (Å²) in [6.07, 6.45) is -4.64. The Morgan fingerprint density at radius 1 is 1.46 bits per heavy atom. The molecule has 0 fully saturated rings. The molecule has 0 saturated heterocycles. The lowest BCUT2D eigenvalue weighted by molar-refractivity contribution is -0.143. The molecule has 7 heteroatoms. The highest BCUT2D eigenvalue weighted by atomic mass is 32.1. The van der Waals surface area contributed by atoms with Gasteiger partial charge in [0, 0.05) is 0 Å². The van der Waals surface area contributed by atoms with E-state index in [1.54, 1.807) is 0 Å². The van der Waals surface area contributed by atoms with Crippen LogP contribution in [0.3, 0.4) is 0 Å². The quantitative estimate of drug-likeness (QED) is 0.635. The maximum Gasteiger partial charge on any atom is 0.434 e. The van der Waals surface area contributed by atoms with Crippen molar-refractivity contribution in [3.05, 3.63) is 21.9 Å². The highest BCUT2D eigenvalue weighted by Gasteiger charge is 2.36. The molecule has 0 atom stereocenters. The third-order valence-electron chi connectivity index (χ3n) is 1.28. The van der Waals surface area contributed by atoms with E-state index in [1.165, 1.54) is 6.92 Å². The Bertz CT molecular complexity index is 384. The van der Waals surface area contributed by atoms with E-state index >= 15 is 0 Å². The van der Waals surface area contributed by atoms with Gasteiger partial charge in [0.1, 0.15) is 10.7 Å². The van der Waals surface area contributed by atoms with Gasteiger partial charge in [-0.1, -0.05) is 0 Å². The van der Waals surface area contributed by atoms with E-state index in [4.69, 9.17) is 0 Å². The van der Waals surface area contributed by atoms with Crippen molar-refractivity contribution in [2.75, 3.05) is 0 Å². The fourth-order valence-electron chi connectivity index (χ4n) is 0.777. The van der Waals surface area contributed by atoms with Crippen LogP contribution in [0.4, 0.5) is 13.2 Å². The lowest BCUT2D eigenvalue weighted by atomic mass is 10.4. The molecule has 1 aromatic rings. The van der Waals surface area contributed by atoms with Crippen LogP contribution < -0.4 is 5.56 Å². The average Bonchev–Trinajstić information content (AvgIpc) is 1.94. The number of thiol groups is 1. The van der Waals surface area contributed by atoms with Crippen LogP contribution in [0.1, 0.15) is 11.5 Å². The van der Waals surface area contributed by atoms with E-state index in [9.17, 15) is 18.0 Å². The molecule has 1 aromatic heterocycles. The first kappa shape index (κ1) is 10.1. The summed E-state index contributed by atoms with van der Waals surface area (Å²) in [4.78, 5) is 15.4. The molecule has 72 valence electrons. The number of rotatable bonds is 0. The number of alkyl halides is 3. The summed E-state index contributed by atoms with van der Waals surface area (Å²) in [7, 11) is 0. The van der Waals surface area contributed by atoms with Gasteiger partial charge in [-0.25, -0.2) is 4.98 Å². The maximum absolute atomic E-state index is 12.1. The predicted molar refractivity (Wildman–Crippen MR) is 41.8 cm³/mol. The summed E-state index contributed by atoms with van der Waals surface area (Å²) in [5.41, 5.74) is -2.14. The molecule has 0 radical (unpaired) electrons. The van der Waals surface area contributed by atoms with E-state index in [0.717, 1.165) is 0 Å². The molecule has 3 nitrogen and oxygen atoms in total. The summed E-state index contributed by atoms with van der Waals surface area (Å²) < 4.78 is 36.4. The van der Waals surface area contributed by atoms with Crippen molar-refractivity contribution in [2.45, 2.75) is 18.0 Å². The normalized spacial score (nSPS) is 11.8. The molecule has 1 rings (SSSR count). The smallest absolute Gasteiger partial charge is 0.310 e. The van der Waals surface area contributed by atoms with Crippen LogP contribution in [0.25, 0.3) is 0 Å². The van der Waals surface area contributed by atoms with E-state index in [0.29, 0.717) is 0 Å². The second-order valence-electron chi connectivity index (χ2n) is 2.35. The maximum atomic E-state index is 12.1. The van der Waals surface area contributed by atoms with Gasteiger partial charge in [0.25, 0.3) is 5.56 Å². The Hall–Kier alpha value is -0.980. The van der Waals surface area contributed by atoms with Crippen molar-refractivity contribution in [3.63, 3.8) is 0 Å². The van der Waals surface area contributed by atoms with Crippen molar-refractivity contribution >= 4 is 12.6 Å². The first-order chi connectivity index (χ1) is 5.82. The number of hydrogen-bond acceptors (Lipinski definition) is 3. The van der Waals surface area contributed by atoms with Gasteiger partial charge in [-0.05, 0) is 6.92 Å². The highest BCUT2D eigenvalue weighted by molar-refractivity contribution is 7.80. The number of hydrogen-bond donors (Lipinski definition) is 2. The fourth-order valence-corrected chi connectivity index (χ4v) is 1.01. The average molecular weight is 210 g/mol. The summed E-state index contributed by atoms with van der Waals surface area (Å²) in [5.74, 6) is -0.0878. The van der Waals surface area contributed by atoms with E-state index in [1.807, 2.05) is 0 Å². The van der Waals surface area contributed by atoms with Crippen LogP contribution in [0.5, 0.6) is 0 Å². The summed E-state index contributed by atoms with van der Waals surface area (Å²) in [6.45, 7) is 1.27. The minimum absolute atomic E-state index is 0.0878. The zero-order chi connectivity index (χ0) is 10.2. The van der Waals surface area contributed by atoms with Crippen LogP contribution in [-0.2, 0) is 6.18 Å². The number of aromatic nitrogens is 2. The van der Waals surface area contributed by atoms with Crippen molar-refractivity contribution in [1.29, 1.82) is 0 Å². The molecule has 0 saturated carbocycles. The first-order valence-electron chi connectivity index (χ1n) is 3.19. The Labute approximate surface area is 76.4 Å². The Morgan fingerprint density at radius 2 is 2.00 bits per heavy atom. The molecule has 0 unspecified atom stereocenters. The van der Waals surface area contributed by atoms with Gasteiger partial charge in [0.2, 0.25) is 0 Å². The Balaban J connectivity index is 3.46. The van der Waals surface area contributed by atoms with Gasteiger partial charge >= 0.3 is 6.18 Å². The van der Waals surface area contributed by atoms with Crippen LogP contribution in [0.15, 0.2) is 9.69 Å². The van der Waals surface area contributed by atoms with Crippen molar-refractivity contribution < 1.29 is 13.2 Å². The topological polar surface area (TPSA) is 45.8 Å². The van der Waals surface area contributed by atoms with Crippen LogP contribution in [-0.4, -0.2) is 9.97 Å². The van der Waals surface area contributed by atoms with Gasteiger partial charge < -0.3 is 4.98 Å². The number of halogens is 3. The molecule has 0 aromatic carbocycles. The van der Waals surface area contributed by atoms with Gasteiger partial charge in [-0.3, -0.25) is 4.79 Å². The molecule has 1 heterocycles. The van der Waals surface area contributed by atoms with Gasteiger partial charge in [0.05, 0.1) is 0 Å². The van der Waals surface area contributed by atoms with Gasteiger partial charge in [0.15, 0.2) is 5.69 Å². The molecule has 1 N–H and O–H groups in total. The zero-order valence-corrected chi connectivity index (χ0v) is 7.33. The third-order valence-corrected chi connectivity index (χ3v) is 1.70. The second kappa shape index (κ2) is 3.06. The standard InChI is InChI=1S/C6H5F3N2OS/c1-2-10-4(6(7,8)9)3(13)5(12)11-2/h13H,1H3,(H,10,11,12). The SMILES string of the molecule is Cc1nc(C(F)(F)F)c(S)c(=O)[nH]1. The molecule has 0 aliphatic carbocycles. The molecule has 13 heavy (non-hydrogen) atoms. The highest BCUT2D eigenvalue weighted by Crippen LogP contribution is 2.30. The third kappa shape index (κ3) is 2.03. The molecular weight excluding hydrogens is 205 g/mol. The van der Waals surface area contributed by atoms with Crippen molar-refractivity contribution in [3.8, 4) is 0 Å². The Kier molecular flexibility index (Phi) is 2.38. The predicted octanol–water partition coefficient (Wildman–Crippen LogP) is 1.39. The number of aromatic amines is 1. The summed E-state index contributed by atoms with van der Waals surface area (Å²) in [6, 6.07) is 0. The molecule has 0 spiro atoms. The van der Waals surface area contributed by atoms with Gasteiger partial charge in [-0.15, -0.1) is 12.6 Å². The lowest BCUT2D eigenvalue weighted by Gasteiger charge is -2.07. The number of nitrogens with one attached hydrogen (secondary N) is 1. The number of nitrogens with zero attached hydrogens (tertiary/aromatic N) is 1. The monoisotopic (exact) mass is 210 g/mol. The molecule has 0 bridgehead atoms. The summed E-state index contributed by atoms with van der Waals surface area (Å²) >= 11 is 3.43. The molecule has 0 aliphatic heterocycles. The second-order valence-corrected chi connectivity index (χ2v) is 2.79. The fraction of sp³-hybridized carbons (Fsp3) is 0.333. The van der Waals surface area contributed by atoms with E-state index in [-0.39, 0.29) is 5.82 Å². The number of H-pyrrole nitrogens is 1. The summed E-state index contributed by atoms with van der Waals surface area (Å²) in [5, 5.41) is 0. The van der Waals surface area contributed by atoms with Crippen molar-refractivity contribution in [2.24, 2.45) is 0 Å². The van der Waals surface area contributed by atoms with E-state index < -0.39 is 22.3 Å². The molecular formula is C6H5F3N2OS.